The molecule has 0 saturated carbocycles. The number of aromatic nitrogens is 3. The highest BCUT2D eigenvalue weighted by molar-refractivity contribution is 8.19. The minimum atomic E-state index is -4.78. The molecule has 1 aliphatic rings. The summed E-state index contributed by atoms with van der Waals surface area (Å²) in [4.78, 5) is 35.3. The summed E-state index contributed by atoms with van der Waals surface area (Å²) in [6, 6.07) is 16.9. The van der Waals surface area contributed by atoms with Gasteiger partial charge in [0.2, 0.25) is 3.67 Å². The van der Waals surface area contributed by atoms with Crippen LogP contribution >= 0.6 is 35.0 Å². The van der Waals surface area contributed by atoms with E-state index < -0.39 is 22.0 Å². The summed E-state index contributed by atoms with van der Waals surface area (Å²) < 4.78 is 40.7. The van der Waals surface area contributed by atoms with Crippen LogP contribution in [-0.4, -0.2) is 48.1 Å². The van der Waals surface area contributed by atoms with Crippen LogP contribution in [0.15, 0.2) is 83.2 Å². The zero-order valence-electron chi connectivity index (χ0n) is 24.3. The predicted octanol–water partition coefficient (Wildman–Crippen LogP) is 7.58. The number of hydrazone groups is 1. The maximum absolute atomic E-state index is 13.1. The number of halogens is 5. The van der Waals surface area contributed by atoms with E-state index in [1.807, 2.05) is 39.0 Å². The Morgan fingerprint density at radius 3 is 2.43 bits per heavy atom. The number of nitrogens with zero attached hydrogens (tertiary/aromatic N) is 6. The minimum Gasteiger partial charge on any atom is -0.406 e. The van der Waals surface area contributed by atoms with Gasteiger partial charge in [0.25, 0.3) is 5.91 Å². The Kier molecular flexibility index (Phi) is 9.42. The van der Waals surface area contributed by atoms with Crippen molar-refractivity contribution in [2.24, 2.45) is 10.1 Å². The molecule has 46 heavy (non-hydrogen) atoms. The largest absolute Gasteiger partial charge is 0.573 e. The van der Waals surface area contributed by atoms with Gasteiger partial charge < -0.3 is 4.74 Å². The van der Waals surface area contributed by atoms with Crippen molar-refractivity contribution in [3.8, 4) is 22.8 Å². The number of aliphatic imine (C=N–C) groups is 1. The van der Waals surface area contributed by atoms with Gasteiger partial charge in [0, 0.05) is 5.56 Å². The molecule has 0 radical (unpaired) electrons. The fourth-order valence-electron chi connectivity index (χ4n) is 4.35. The third-order valence-corrected chi connectivity index (χ3v) is 8.15. The number of nitrogens with one attached hydrogen (secondary N) is 1. The van der Waals surface area contributed by atoms with E-state index >= 15 is 0 Å². The van der Waals surface area contributed by atoms with Crippen LogP contribution < -0.4 is 15.1 Å². The zero-order valence-corrected chi connectivity index (χ0v) is 26.6. The quantitative estimate of drug-likeness (QED) is 0.122. The predicted molar refractivity (Wildman–Crippen MR) is 172 cm³/mol. The Hall–Kier alpha value is -4.40. The molecule has 1 saturated heterocycles. The molecule has 0 unspecified atom stereocenters. The molecule has 0 aliphatic carbocycles. The van der Waals surface area contributed by atoms with Crippen molar-refractivity contribution in [3.05, 3.63) is 89.7 Å². The van der Waals surface area contributed by atoms with Crippen LogP contribution in [0.4, 0.5) is 23.7 Å². The summed E-state index contributed by atoms with van der Waals surface area (Å²) in [7, 11) is 0. The lowest BCUT2D eigenvalue weighted by atomic mass is 9.99. The molecule has 1 N–H and O–H groups in total. The van der Waals surface area contributed by atoms with Gasteiger partial charge in [-0.05, 0) is 71.6 Å². The second-order valence-electron chi connectivity index (χ2n) is 10.2. The molecule has 5 rings (SSSR count). The Bertz CT molecular complexity index is 1830. The maximum Gasteiger partial charge on any atom is 0.573 e. The van der Waals surface area contributed by atoms with E-state index in [0.29, 0.717) is 28.3 Å². The Morgan fingerprint density at radius 2 is 1.78 bits per heavy atom. The summed E-state index contributed by atoms with van der Waals surface area (Å²) >= 11 is 13.3. The molecule has 3 aromatic carbocycles. The number of amidine groups is 1. The third-order valence-electron chi connectivity index (χ3n) is 6.48. The topological polar surface area (TPSA) is 114 Å². The molecule has 1 fully saturated rings. The second kappa shape index (κ2) is 13.1. The first-order valence-corrected chi connectivity index (χ1v) is 15.1. The molecule has 0 spiro atoms. The summed E-state index contributed by atoms with van der Waals surface area (Å²) in [6.45, 7) is 5.84. The lowest BCUT2D eigenvalue weighted by Gasteiger charge is -2.22. The van der Waals surface area contributed by atoms with E-state index in [9.17, 15) is 22.8 Å². The molecular weight excluding hydrogens is 666 g/mol. The van der Waals surface area contributed by atoms with Crippen LogP contribution in [0.25, 0.3) is 17.1 Å². The number of ether oxygens (including phenoxy) is 1. The lowest BCUT2D eigenvalue weighted by molar-refractivity contribution is -0.274. The van der Waals surface area contributed by atoms with Gasteiger partial charge in [0.05, 0.1) is 17.6 Å². The number of benzene rings is 3. The summed E-state index contributed by atoms with van der Waals surface area (Å²) in [5.41, 5.74) is 6.39. The number of urea groups is 1. The molecule has 1 aromatic heterocycles. The molecule has 0 atom stereocenters. The van der Waals surface area contributed by atoms with Gasteiger partial charge in [0.1, 0.15) is 12.1 Å². The van der Waals surface area contributed by atoms with Crippen molar-refractivity contribution in [3.63, 3.8) is 0 Å². The molecule has 16 heteroatoms. The van der Waals surface area contributed by atoms with Crippen molar-refractivity contribution in [1.29, 1.82) is 0 Å². The number of carbonyl (C=O) groups excluding carboxylic acids is 2. The average molecular weight is 691 g/mol. The zero-order chi connectivity index (χ0) is 33.2. The Labute approximate surface area is 275 Å². The van der Waals surface area contributed by atoms with Gasteiger partial charge in [-0.15, -0.1) is 18.3 Å². The van der Waals surface area contributed by atoms with E-state index in [1.165, 1.54) is 46.4 Å². The van der Waals surface area contributed by atoms with Crippen LogP contribution in [0.5, 0.6) is 5.75 Å². The maximum atomic E-state index is 13.1. The standard InChI is InChI=1S/C30H24Cl2F3N7O3S/c1-17(2)23-13-4-18(3)14-24(23)42-26(43)29(31,32)46-28(42)38-27(44)39-37-15-19-5-7-20(8-6-19)25-36-16-41(40-25)21-9-11-22(12-10-21)45-30(33,34)35/h4-17H,1-3H3,(H,39,44)/b37-15+,38-28?. The van der Waals surface area contributed by atoms with E-state index in [0.717, 1.165) is 22.9 Å². The summed E-state index contributed by atoms with van der Waals surface area (Å²) in [5, 5.41) is 8.33. The van der Waals surface area contributed by atoms with Gasteiger partial charge in [-0.25, -0.2) is 19.9 Å². The Morgan fingerprint density at radius 1 is 1.09 bits per heavy atom. The van der Waals surface area contributed by atoms with Crippen LogP contribution in [0.1, 0.15) is 36.5 Å². The normalized spacial score (nSPS) is 15.7. The van der Waals surface area contributed by atoms with Gasteiger partial charge in [-0.1, -0.05) is 73.4 Å². The van der Waals surface area contributed by atoms with Gasteiger partial charge in [0.15, 0.2) is 11.0 Å². The monoisotopic (exact) mass is 689 g/mol. The number of rotatable bonds is 7. The van der Waals surface area contributed by atoms with Crippen LogP contribution in [-0.2, 0) is 4.79 Å². The van der Waals surface area contributed by atoms with Crippen LogP contribution in [0.2, 0.25) is 0 Å². The fourth-order valence-corrected chi connectivity index (χ4v) is 5.75. The highest BCUT2D eigenvalue weighted by Crippen LogP contribution is 2.47. The second-order valence-corrected chi connectivity index (χ2v) is 13.2. The Balaban J connectivity index is 1.25. The fraction of sp³-hybridized carbons (Fsp3) is 0.200. The highest BCUT2D eigenvalue weighted by Gasteiger charge is 2.51. The SMILES string of the molecule is Cc1ccc(C(C)C)c(N2C(=O)C(Cl)(Cl)SC2=NC(=O)N/N=C/c2ccc(-c3ncn(-c4ccc(OC(F)(F)F)cc4)n3)cc2)c1. The van der Waals surface area contributed by atoms with E-state index in [-0.39, 0.29) is 16.8 Å². The van der Waals surface area contributed by atoms with Crippen molar-refractivity contribution >= 4 is 64.0 Å². The first kappa shape index (κ1) is 33.0. The van der Waals surface area contributed by atoms with Crippen LogP contribution in [0.3, 0.4) is 0 Å². The van der Waals surface area contributed by atoms with Gasteiger partial charge >= 0.3 is 12.4 Å². The van der Waals surface area contributed by atoms with Gasteiger partial charge in [-0.2, -0.15) is 10.1 Å². The molecular formula is C30H24Cl2F3N7O3S. The first-order chi connectivity index (χ1) is 21.7. The lowest BCUT2D eigenvalue weighted by Crippen LogP contribution is -2.35. The number of aryl methyl sites for hydroxylation is 1. The first-order valence-electron chi connectivity index (χ1n) is 13.5. The number of hydrogen-bond donors (Lipinski definition) is 1. The third kappa shape index (κ3) is 7.69. The van der Waals surface area contributed by atoms with Crippen molar-refractivity contribution in [1.82, 2.24) is 20.2 Å². The number of hydrogen-bond acceptors (Lipinski definition) is 7. The van der Waals surface area contributed by atoms with Crippen molar-refractivity contribution in [2.75, 3.05) is 4.90 Å². The number of amides is 3. The number of anilines is 1. The molecule has 2 heterocycles. The van der Waals surface area contributed by atoms with E-state index in [4.69, 9.17) is 23.2 Å². The molecule has 1 aliphatic heterocycles. The molecule has 10 nitrogen and oxygen atoms in total. The van der Waals surface area contributed by atoms with E-state index in [2.05, 4.69) is 30.3 Å². The number of carbonyl (C=O) groups is 2. The van der Waals surface area contributed by atoms with E-state index in [1.54, 1.807) is 24.3 Å². The molecule has 3 amide bonds. The molecule has 4 aromatic rings. The highest BCUT2D eigenvalue weighted by atomic mass is 35.5. The summed E-state index contributed by atoms with van der Waals surface area (Å²) in [6.07, 6.45) is -1.95. The van der Waals surface area contributed by atoms with Gasteiger partial charge in [-0.3, -0.25) is 9.69 Å². The number of thioether (sulfide) groups is 1. The molecule has 238 valence electrons. The van der Waals surface area contributed by atoms with Crippen molar-refractivity contribution < 1.29 is 27.5 Å². The van der Waals surface area contributed by atoms with Crippen LogP contribution in [0, 0.1) is 6.92 Å². The molecule has 0 bridgehead atoms. The minimum absolute atomic E-state index is 0.0112. The number of alkyl halides is 5. The van der Waals surface area contributed by atoms with Crippen molar-refractivity contribution in [2.45, 2.75) is 36.7 Å². The smallest absolute Gasteiger partial charge is 0.406 e. The average Bonchev–Trinajstić information content (AvgIpc) is 3.55. The summed E-state index contributed by atoms with van der Waals surface area (Å²) in [5.74, 6) is -0.535.